The van der Waals surface area contributed by atoms with Crippen molar-refractivity contribution in [3.05, 3.63) is 0 Å². The van der Waals surface area contributed by atoms with Gasteiger partial charge in [-0.25, -0.2) is 9.59 Å². The van der Waals surface area contributed by atoms with Gasteiger partial charge >= 0.3 is 12.1 Å². The van der Waals surface area contributed by atoms with Crippen LogP contribution in [0.2, 0.25) is 0 Å². The van der Waals surface area contributed by atoms with Crippen LogP contribution in [0.4, 0.5) is 4.79 Å². The molecule has 5 nitrogen and oxygen atoms in total. The van der Waals surface area contributed by atoms with Crippen LogP contribution in [0, 0.1) is 5.92 Å². The normalized spacial score (nSPS) is 28.0. The van der Waals surface area contributed by atoms with Crippen LogP contribution < -0.4 is 0 Å². The zero-order chi connectivity index (χ0) is 13.0. The second kappa shape index (κ2) is 5.89. The molecule has 1 saturated heterocycles. The molecule has 0 saturated carbocycles. The maximum Gasteiger partial charge on any atom is 0.410 e. The first-order valence-corrected chi connectivity index (χ1v) is 6.14. The molecule has 5 heteroatoms. The lowest BCUT2D eigenvalue weighted by Gasteiger charge is -2.27. The van der Waals surface area contributed by atoms with E-state index in [0.717, 1.165) is 6.42 Å². The topological polar surface area (TPSA) is 55.8 Å². The Kier molecular flexibility index (Phi) is 4.78. The van der Waals surface area contributed by atoms with Gasteiger partial charge in [0.1, 0.15) is 6.04 Å². The van der Waals surface area contributed by atoms with Gasteiger partial charge in [0.2, 0.25) is 0 Å². The van der Waals surface area contributed by atoms with Crippen LogP contribution in [0.1, 0.15) is 34.1 Å². The Bertz CT molecular complexity index is 264. The van der Waals surface area contributed by atoms with Gasteiger partial charge < -0.3 is 9.47 Å². The number of esters is 1. The second-order valence-electron chi connectivity index (χ2n) is 4.37. The summed E-state index contributed by atoms with van der Waals surface area (Å²) in [5.74, 6) is -0.231. The summed E-state index contributed by atoms with van der Waals surface area (Å²) in [7, 11) is 0. The van der Waals surface area contributed by atoms with Crippen LogP contribution in [0.5, 0.6) is 0 Å². The van der Waals surface area contributed by atoms with Gasteiger partial charge in [-0.05, 0) is 33.1 Å². The number of hydrogen-bond donors (Lipinski definition) is 0. The summed E-state index contributed by atoms with van der Waals surface area (Å²) < 4.78 is 10.00. The summed E-state index contributed by atoms with van der Waals surface area (Å²) in [6.45, 7) is 8.03. The van der Waals surface area contributed by atoms with E-state index in [9.17, 15) is 9.59 Å². The number of carbonyl (C=O) groups excluding carboxylic acids is 2. The Balaban J connectivity index is 2.82. The van der Waals surface area contributed by atoms with Gasteiger partial charge in [0.25, 0.3) is 0 Å². The molecule has 1 fully saturated rings. The Morgan fingerprint density at radius 1 is 1.18 bits per heavy atom. The highest BCUT2D eigenvalue weighted by atomic mass is 16.6. The van der Waals surface area contributed by atoms with Gasteiger partial charge in [0, 0.05) is 6.04 Å². The fourth-order valence-corrected chi connectivity index (χ4v) is 2.39. The SMILES string of the molecule is CCOC(=O)C1C(C)CC(C)N1C(=O)OCC. The van der Waals surface area contributed by atoms with Crippen molar-refractivity contribution >= 4 is 12.1 Å². The number of likely N-dealkylation sites (tertiary alicyclic amines) is 1. The zero-order valence-corrected chi connectivity index (χ0v) is 10.9. The average Bonchev–Trinajstić information content (AvgIpc) is 2.54. The highest BCUT2D eigenvalue weighted by Crippen LogP contribution is 2.30. The van der Waals surface area contributed by atoms with Gasteiger partial charge in [-0.3, -0.25) is 4.90 Å². The molecular weight excluding hydrogens is 222 g/mol. The minimum atomic E-state index is -0.510. The van der Waals surface area contributed by atoms with E-state index in [2.05, 4.69) is 0 Å². The molecule has 0 bridgehead atoms. The van der Waals surface area contributed by atoms with E-state index in [1.54, 1.807) is 13.8 Å². The Morgan fingerprint density at radius 2 is 1.76 bits per heavy atom. The number of ether oxygens (including phenoxy) is 2. The fraction of sp³-hybridized carbons (Fsp3) is 0.833. The first-order chi connectivity index (χ1) is 8.02. The lowest BCUT2D eigenvalue weighted by molar-refractivity contribution is -0.149. The quantitative estimate of drug-likeness (QED) is 0.709. The summed E-state index contributed by atoms with van der Waals surface area (Å²) in [4.78, 5) is 25.2. The van der Waals surface area contributed by atoms with Gasteiger partial charge in [-0.15, -0.1) is 0 Å². The molecule has 98 valence electrons. The van der Waals surface area contributed by atoms with E-state index >= 15 is 0 Å². The molecular formula is C12H21NO4. The molecule has 1 rings (SSSR count). The number of carbonyl (C=O) groups is 2. The van der Waals surface area contributed by atoms with Crippen LogP contribution in [0.25, 0.3) is 0 Å². The minimum absolute atomic E-state index is 0.0125. The molecule has 0 aromatic rings. The second-order valence-corrected chi connectivity index (χ2v) is 4.37. The first-order valence-electron chi connectivity index (χ1n) is 6.14. The Labute approximate surface area is 102 Å². The largest absolute Gasteiger partial charge is 0.464 e. The highest BCUT2D eigenvalue weighted by Gasteiger charge is 2.45. The van der Waals surface area contributed by atoms with Crippen molar-refractivity contribution in [3.8, 4) is 0 Å². The minimum Gasteiger partial charge on any atom is -0.464 e. The van der Waals surface area contributed by atoms with E-state index in [1.807, 2.05) is 13.8 Å². The molecule has 0 aromatic carbocycles. The fourth-order valence-electron chi connectivity index (χ4n) is 2.39. The number of hydrogen-bond acceptors (Lipinski definition) is 4. The van der Waals surface area contributed by atoms with Crippen LogP contribution in [0.3, 0.4) is 0 Å². The summed E-state index contributed by atoms with van der Waals surface area (Å²) in [5, 5.41) is 0. The predicted molar refractivity (Wildman–Crippen MR) is 62.5 cm³/mol. The molecule has 1 aliphatic rings. The van der Waals surface area contributed by atoms with Crippen molar-refractivity contribution in [1.29, 1.82) is 0 Å². The number of rotatable bonds is 3. The van der Waals surface area contributed by atoms with Crippen molar-refractivity contribution in [3.63, 3.8) is 0 Å². The smallest absolute Gasteiger partial charge is 0.410 e. The summed E-state index contributed by atoms with van der Waals surface area (Å²) in [6.07, 6.45) is 0.366. The molecule has 0 radical (unpaired) electrons. The van der Waals surface area contributed by atoms with Crippen molar-refractivity contribution in [1.82, 2.24) is 4.90 Å². The molecule has 0 aromatic heterocycles. The molecule has 3 atom stereocenters. The molecule has 17 heavy (non-hydrogen) atoms. The number of amides is 1. The van der Waals surface area contributed by atoms with Crippen LogP contribution in [-0.2, 0) is 14.3 Å². The maximum absolute atomic E-state index is 11.8. The van der Waals surface area contributed by atoms with E-state index < -0.39 is 12.1 Å². The van der Waals surface area contributed by atoms with Crippen LogP contribution >= 0.6 is 0 Å². The van der Waals surface area contributed by atoms with Crippen molar-refractivity contribution in [2.24, 2.45) is 5.92 Å². The third-order valence-electron chi connectivity index (χ3n) is 3.03. The van der Waals surface area contributed by atoms with Crippen molar-refractivity contribution < 1.29 is 19.1 Å². The van der Waals surface area contributed by atoms with Gasteiger partial charge in [0.15, 0.2) is 0 Å². The van der Waals surface area contributed by atoms with Crippen molar-refractivity contribution in [2.75, 3.05) is 13.2 Å². The zero-order valence-electron chi connectivity index (χ0n) is 10.9. The van der Waals surface area contributed by atoms with Gasteiger partial charge in [-0.2, -0.15) is 0 Å². The number of nitrogens with zero attached hydrogens (tertiary/aromatic N) is 1. The Morgan fingerprint density at radius 3 is 2.29 bits per heavy atom. The van der Waals surface area contributed by atoms with Crippen molar-refractivity contribution in [2.45, 2.75) is 46.2 Å². The Hall–Kier alpha value is -1.26. The molecule has 3 unspecified atom stereocenters. The molecule has 0 N–H and O–H groups in total. The summed E-state index contributed by atoms with van der Waals surface area (Å²) in [6, 6.07) is -0.498. The standard InChI is InChI=1S/C12H21NO4/c1-5-16-11(14)10-8(3)7-9(4)13(10)12(15)17-6-2/h8-10H,5-7H2,1-4H3. The van der Waals surface area contributed by atoms with E-state index in [-0.39, 0.29) is 17.9 Å². The summed E-state index contributed by atoms with van der Waals surface area (Å²) in [5.41, 5.74) is 0. The third-order valence-corrected chi connectivity index (χ3v) is 3.03. The maximum atomic E-state index is 11.8. The van der Waals surface area contributed by atoms with Gasteiger partial charge in [0.05, 0.1) is 13.2 Å². The van der Waals surface area contributed by atoms with Crippen LogP contribution in [-0.4, -0.2) is 42.3 Å². The lowest BCUT2D eigenvalue weighted by atomic mass is 10.0. The molecule has 0 spiro atoms. The third kappa shape index (κ3) is 2.90. The molecule has 1 amide bonds. The van der Waals surface area contributed by atoms with Crippen LogP contribution in [0.15, 0.2) is 0 Å². The lowest BCUT2D eigenvalue weighted by Crippen LogP contribution is -2.46. The highest BCUT2D eigenvalue weighted by molar-refractivity contribution is 5.82. The summed E-state index contributed by atoms with van der Waals surface area (Å²) >= 11 is 0. The van der Waals surface area contributed by atoms with E-state index in [1.165, 1.54) is 4.90 Å². The first kappa shape index (κ1) is 13.8. The monoisotopic (exact) mass is 243 g/mol. The average molecular weight is 243 g/mol. The van der Waals surface area contributed by atoms with Gasteiger partial charge in [-0.1, -0.05) is 6.92 Å². The molecule has 1 heterocycles. The molecule has 1 aliphatic heterocycles. The molecule has 0 aliphatic carbocycles. The van der Waals surface area contributed by atoms with E-state index in [4.69, 9.17) is 9.47 Å². The van der Waals surface area contributed by atoms with E-state index in [0.29, 0.717) is 13.2 Å². The predicted octanol–water partition coefficient (Wildman–Crippen LogP) is 1.80.